The van der Waals surface area contributed by atoms with E-state index in [0.29, 0.717) is 31.4 Å². The molecule has 4 amide bonds. The topological polar surface area (TPSA) is 114 Å². The lowest BCUT2D eigenvalue weighted by Crippen LogP contribution is -2.52. The number of hydrogen-bond donors (Lipinski definition) is 2. The van der Waals surface area contributed by atoms with Gasteiger partial charge in [-0.1, -0.05) is 12.1 Å². The number of amides is 4. The van der Waals surface area contributed by atoms with Crippen LogP contribution in [0.15, 0.2) is 18.2 Å². The second-order valence-corrected chi connectivity index (χ2v) is 8.40. The Bertz CT molecular complexity index is 861. The molecule has 2 N–H and O–H groups in total. The van der Waals surface area contributed by atoms with Crippen LogP contribution in [0.2, 0.25) is 0 Å². The van der Waals surface area contributed by atoms with Crippen LogP contribution >= 0.6 is 0 Å². The van der Waals surface area contributed by atoms with E-state index in [1.54, 1.807) is 26.8 Å². The average Bonchev–Trinajstić information content (AvgIpc) is 2.97. The summed E-state index contributed by atoms with van der Waals surface area (Å²) in [5.74, 6) is -0.916. The van der Waals surface area contributed by atoms with Gasteiger partial charge in [-0.05, 0) is 57.2 Å². The van der Waals surface area contributed by atoms with E-state index in [1.807, 2.05) is 12.1 Å². The molecule has 1 aromatic carbocycles. The highest BCUT2D eigenvalue weighted by Crippen LogP contribution is 2.30. The Morgan fingerprint density at radius 2 is 2.03 bits per heavy atom. The van der Waals surface area contributed by atoms with Gasteiger partial charge in [-0.15, -0.1) is 0 Å². The lowest BCUT2D eigenvalue weighted by molar-refractivity contribution is -0.136. The van der Waals surface area contributed by atoms with Crippen molar-refractivity contribution in [3.05, 3.63) is 34.9 Å². The number of piperidine rings is 1. The summed E-state index contributed by atoms with van der Waals surface area (Å²) in [4.78, 5) is 54.6. The van der Waals surface area contributed by atoms with Crippen LogP contribution in [0.5, 0.6) is 0 Å². The van der Waals surface area contributed by atoms with Gasteiger partial charge in [-0.3, -0.25) is 24.5 Å². The molecule has 3 rings (SSSR count). The normalized spacial score (nSPS) is 18.8. The van der Waals surface area contributed by atoms with Gasteiger partial charge < -0.3 is 9.64 Å². The van der Waals surface area contributed by atoms with E-state index in [4.69, 9.17) is 9.57 Å². The summed E-state index contributed by atoms with van der Waals surface area (Å²) < 4.78 is 5.09. The maximum absolute atomic E-state index is 12.8. The highest BCUT2D eigenvalue weighted by molar-refractivity contribution is 6.05. The maximum Gasteiger partial charge on any atom is 0.431 e. The van der Waals surface area contributed by atoms with Crippen molar-refractivity contribution in [3.8, 4) is 0 Å². The molecule has 0 bridgehead atoms. The van der Waals surface area contributed by atoms with Crippen LogP contribution in [0.1, 0.15) is 61.5 Å². The SMILES string of the molecule is CC(C)(C)OC(=O)NOCCCc1cccc2c1CN(C1CCC(=O)NC1=O)C2=O. The monoisotopic (exact) mass is 417 g/mol. The highest BCUT2D eigenvalue weighted by Gasteiger charge is 2.39. The summed E-state index contributed by atoms with van der Waals surface area (Å²) >= 11 is 0. The summed E-state index contributed by atoms with van der Waals surface area (Å²) in [5.41, 5.74) is 4.13. The fraction of sp³-hybridized carbons (Fsp3) is 0.524. The van der Waals surface area contributed by atoms with Crippen molar-refractivity contribution in [2.75, 3.05) is 6.61 Å². The Hall–Kier alpha value is -2.94. The van der Waals surface area contributed by atoms with E-state index in [1.165, 1.54) is 4.90 Å². The van der Waals surface area contributed by atoms with Crippen molar-refractivity contribution in [2.45, 2.75) is 64.6 Å². The predicted molar refractivity (Wildman–Crippen MR) is 106 cm³/mol. The lowest BCUT2D eigenvalue weighted by Gasteiger charge is -2.29. The van der Waals surface area contributed by atoms with Crippen LogP contribution in [0.3, 0.4) is 0 Å². The molecule has 0 saturated carbocycles. The molecule has 30 heavy (non-hydrogen) atoms. The smallest absolute Gasteiger partial charge is 0.431 e. The second-order valence-electron chi connectivity index (χ2n) is 8.40. The van der Waals surface area contributed by atoms with Crippen molar-refractivity contribution in [1.82, 2.24) is 15.7 Å². The van der Waals surface area contributed by atoms with E-state index < -0.39 is 23.6 Å². The third-order valence-electron chi connectivity index (χ3n) is 4.93. The summed E-state index contributed by atoms with van der Waals surface area (Å²) in [6.07, 6.45) is 1.19. The Labute approximate surface area is 175 Å². The minimum Gasteiger partial charge on any atom is -0.442 e. The Kier molecular flexibility index (Phi) is 6.40. The van der Waals surface area contributed by atoms with Crippen molar-refractivity contribution in [3.63, 3.8) is 0 Å². The highest BCUT2D eigenvalue weighted by atomic mass is 16.7. The number of nitrogens with zero attached hydrogens (tertiary/aromatic N) is 1. The van der Waals surface area contributed by atoms with Gasteiger partial charge in [0, 0.05) is 18.5 Å². The number of benzene rings is 1. The third kappa shape index (κ3) is 5.15. The summed E-state index contributed by atoms with van der Waals surface area (Å²) in [6, 6.07) is 4.89. The van der Waals surface area contributed by atoms with Crippen LogP contribution in [-0.4, -0.2) is 47.0 Å². The summed E-state index contributed by atoms with van der Waals surface area (Å²) in [6.45, 7) is 5.92. The minimum absolute atomic E-state index is 0.191. The van der Waals surface area contributed by atoms with Gasteiger partial charge >= 0.3 is 6.09 Å². The van der Waals surface area contributed by atoms with Gasteiger partial charge in [-0.25, -0.2) is 4.79 Å². The fourth-order valence-electron chi connectivity index (χ4n) is 3.63. The molecule has 0 spiro atoms. The lowest BCUT2D eigenvalue weighted by atomic mass is 10.00. The standard InChI is InChI=1S/C21H27N3O6/c1-21(2,3)30-20(28)23-29-11-5-7-13-6-4-8-14-15(13)12-24(19(14)27)16-9-10-17(25)22-18(16)26/h4,6,8,16H,5,7,9-12H2,1-3H3,(H,23,28)(H,22,25,26). The van der Waals surface area contributed by atoms with Crippen molar-refractivity contribution >= 4 is 23.8 Å². The fourth-order valence-corrected chi connectivity index (χ4v) is 3.63. The molecule has 9 nitrogen and oxygen atoms in total. The molecule has 2 aliphatic rings. The Morgan fingerprint density at radius 1 is 1.27 bits per heavy atom. The van der Waals surface area contributed by atoms with Gasteiger partial charge in [0.1, 0.15) is 11.6 Å². The van der Waals surface area contributed by atoms with Crippen molar-refractivity contribution in [2.24, 2.45) is 0 Å². The van der Waals surface area contributed by atoms with Gasteiger partial charge in [0.05, 0.1) is 6.61 Å². The average molecular weight is 417 g/mol. The zero-order valence-corrected chi connectivity index (χ0v) is 17.4. The number of hydroxylamine groups is 1. The molecule has 0 aliphatic carbocycles. The molecule has 0 aromatic heterocycles. The Morgan fingerprint density at radius 3 is 2.73 bits per heavy atom. The van der Waals surface area contributed by atoms with E-state index in [9.17, 15) is 19.2 Å². The maximum atomic E-state index is 12.8. The van der Waals surface area contributed by atoms with Crippen LogP contribution in [0.4, 0.5) is 4.79 Å². The second kappa shape index (κ2) is 8.83. The van der Waals surface area contributed by atoms with Gasteiger partial charge in [-0.2, -0.15) is 5.48 Å². The number of ether oxygens (including phenoxy) is 1. The molecule has 162 valence electrons. The van der Waals surface area contributed by atoms with Gasteiger partial charge in [0.15, 0.2) is 0 Å². The number of hydrogen-bond acceptors (Lipinski definition) is 6. The number of aryl methyl sites for hydroxylation is 1. The molecule has 2 heterocycles. The molecule has 2 aliphatic heterocycles. The van der Waals surface area contributed by atoms with Crippen LogP contribution in [-0.2, 0) is 32.1 Å². The quantitative estimate of drug-likeness (QED) is 0.415. The molecule has 1 unspecified atom stereocenters. The summed E-state index contributed by atoms with van der Waals surface area (Å²) in [5, 5.41) is 2.31. The molecule has 1 aromatic rings. The predicted octanol–water partition coefficient (Wildman–Crippen LogP) is 1.84. The third-order valence-corrected chi connectivity index (χ3v) is 4.93. The summed E-state index contributed by atoms with van der Waals surface area (Å²) in [7, 11) is 0. The van der Waals surface area contributed by atoms with E-state index >= 15 is 0 Å². The first-order valence-corrected chi connectivity index (χ1v) is 10.0. The van der Waals surface area contributed by atoms with Crippen LogP contribution in [0.25, 0.3) is 0 Å². The number of imide groups is 1. The molecular weight excluding hydrogens is 390 g/mol. The van der Waals surface area contributed by atoms with Crippen molar-refractivity contribution in [1.29, 1.82) is 0 Å². The minimum atomic E-state index is -0.645. The number of nitrogens with one attached hydrogen (secondary N) is 2. The number of rotatable bonds is 6. The first-order chi connectivity index (χ1) is 14.2. The first-order valence-electron chi connectivity index (χ1n) is 10.0. The molecule has 1 atom stereocenters. The van der Waals surface area contributed by atoms with Crippen LogP contribution in [0, 0.1) is 0 Å². The molecule has 0 radical (unpaired) electrons. The molecule has 1 saturated heterocycles. The van der Waals surface area contributed by atoms with Gasteiger partial charge in [0.2, 0.25) is 11.8 Å². The first kappa shape index (κ1) is 21.8. The zero-order chi connectivity index (χ0) is 21.9. The zero-order valence-electron chi connectivity index (χ0n) is 17.4. The van der Waals surface area contributed by atoms with E-state index in [-0.39, 0.29) is 24.8 Å². The van der Waals surface area contributed by atoms with Crippen LogP contribution < -0.4 is 10.8 Å². The number of carbonyl (C=O) groups is 4. The number of fused-ring (bicyclic) bond motifs is 1. The van der Waals surface area contributed by atoms with E-state index in [0.717, 1.165) is 11.1 Å². The molecular formula is C21H27N3O6. The number of carbonyl (C=O) groups excluding carboxylic acids is 4. The molecule has 9 heteroatoms. The van der Waals surface area contributed by atoms with E-state index in [2.05, 4.69) is 10.8 Å². The largest absolute Gasteiger partial charge is 0.442 e. The molecule has 1 fully saturated rings. The van der Waals surface area contributed by atoms with Crippen molar-refractivity contribution < 1.29 is 28.8 Å². The Balaban J connectivity index is 1.54. The van der Waals surface area contributed by atoms with Gasteiger partial charge in [0.25, 0.3) is 5.91 Å².